The lowest BCUT2D eigenvalue weighted by atomic mass is 10.1. The number of aliphatic imine (C=N–C) groups is 1. The normalized spacial score (nSPS) is 11.8. The SMILES string of the molecule is Cc1ccc(/C(=N\CS(=O)(=O)c2ccccc2)NC(=S)Nc2cccc3ccccc23)cc1. The summed E-state index contributed by atoms with van der Waals surface area (Å²) in [7, 11) is -3.59. The molecule has 166 valence electrons. The van der Waals surface area contributed by atoms with Crippen LogP contribution in [-0.4, -0.2) is 25.2 Å². The van der Waals surface area contributed by atoms with E-state index in [1.54, 1.807) is 30.3 Å². The van der Waals surface area contributed by atoms with Crippen LogP contribution in [0.4, 0.5) is 5.69 Å². The quantitative estimate of drug-likeness (QED) is 0.233. The lowest BCUT2D eigenvalue weighted by molar-refractivity contribution is 0.596. The molecule has 33 heavy (non-hydrogen) atoms. The highest BCUT2D eigenvalue weighted by Gasteiger charge is 2.15. The largest absolute Gasteiger partial charge is 0.332 e. The Kier molecular flexibility index (Phi) is 6.82. The molecule has 0 aliphatic carbocycles. The van der Waals surface area contributed by atoms with Crippen LogP contribution in [0.3, 0.4) is 0 Å². The summed E-state index contributed by atoms with van der Waals surface area (Å²) >= 11 is 5.55. The maximum absolute atomic E-state index is 12.8. The predicted molar refractivity (Wildman–Crippen MR) is 140 cm³/mol. The van der Waals surface area contributed by atoms with Crippen molar-refractivity contribution in [2.24, 2.45) is 4.99 Å². The van der Waals surface area contributed by atoms with E-state index in [4.69, 9.17) is 12.2 Å². The minimum absolute atomic E-state index is 0.230. The van der Waals surface area contributed by atoms with Gasteiger partial charge in [-0.3, -0.25) is 4.99 Å². The summed E-state index contributed by atoms with van der Waals surface area (Å²) in [4.78, 5) is 4.64. The lowest BCUT2D eigenvalue weighted by Crippen LogP contribution is -2.35. The Morgan fingerprint density at radius 3 is 2.27 bits per heavy atom. The predicted octanol–water partition coefficient (Wildman–Crippen LogP) is 5.31. The van der Waals surface area contributed by atoms with Crippen LogP contribution in [0.1, 0.15) is 11.1 Å². The molecule has 0 unspecified atom stereocenters. The minimum Gasteiger partial charge on any atom is -0.332 e. The van der Waals surface area contributed by atoms with Gasteiger partial charge in [-0.15, -0.1) is 0 Å². The van der Waals surface area contributed by atoms with Crippen LogP contribution in [-0.2, 0) is 9.84 Å². The molecule has 4 aromatic carbocycles. The van der Waals surface area contributed by atoms with E-state index >= 15 is 0 Å². The summed E-state index contributed by atoms with van der Waals surface area (Å²) in [6, 6.07) is 29.9. The van der Waals surface area contributed by atoms with Crippen LogP contribution in [0.25, 0.3) is 10.8 Å². The summed E-state index contributed by atoms with van der Waals surface area (Å²) in [5.41, 5.74) is 2.68. The monoisotopic (exact) mass is 473 g/mol. The number of nitrogens with zero attached hydrogens (tertiary/aromatic N) is 1. The number of fused-ring (bicyclic) bond motifs is 1. The number of thiocarbonyl (C=S) groups is 1. The van der Waals surface area contributed by atoms with E-state index in [9.17, 15) is 8.42 Å². The minimum atomic E-state index is -3.59. The van der Waals surface area contributed by atoms with Crippen LogP contribution >= 0.6 is 12.2 Å². The summed E-state index contributed by atoms with van der Waals surface area (Å²) in [5, 5.41) is 8.75. The maximum Gasteiger partial charge on any atom is 0.198 e. The first kappa shape index (κ1) is 22.6. The van der Waals surface area contributed by atoms with Crippen molar-refractivity contribution in [1.82, 2.24) is 5.32 Å². The number of nitrogens with one attached hydrogen (secondary N) is 2. The number of aryl methyl sites for hydroxylation is 1. The second-order valence-electron chi connectivity index (χ2n) is 7.54. The number of benzene rings is 4. The first-order valence-electron chi connectivity index (χ1n) is 10.4. The number of amidine groups is 1. The van der Waals surface area contributed by atoms with E-state index in [0.717, 1.165) is 27.6 Å². The van der Waals surface area contributed by atoms with Crippen molar-refractivity contribution >= 4 is 49.5 Å². The van der Waals surface area contributed by atoms with Gasteiger partial charge < -0.3 is 10.6 Å². The molecule has 0 spiro atoms. The summed E-state index contributed by atoms with van der Waals surface area (Å²) in [5.74, 6) is -0.0170. The Bertz CT molecular complexity index is 1410. The van der Waals surface area contributed by atoms with Gasteiger partial charge in [0.25, 0.3) is 0 Å². The van der Waals surface area contributed by atoms with Crippen LogP contribution in [0.5, 0.6) is 0 Å². The number of hydrogen-bond acceptors (Lipinski definition) is 4. The zero-order valence-electron chi connectivity index (χ0n) is 18.0. The van der Waals surface area contributed by atoms with Gasteiger partial charge in [0.05, 0.1) is 4.90 Å². The van der Waals surface area contributed by atoms with E-state index in [-0.39, 0.29) is 4.90 Å². The third kappa shape index (κ3) is 5.63. The fourth-order valence-corrected chi connectivity index (χ4v) is 4.59. The Morgan fingerprint density at radius 1 is 0.848 bits per heavy atom. The van der Waals surface area contributed by atoms with Crippen molar-refractivity contribution in [3.8, 4) is 0 Å². The molecule has 0 aromatic heterocycles. The van der Waals surface area contributed by atoms with Gasteiger partial charge in [0, 0.05) is 16.6 Å². The first-order valence-corrected chi connectivity index (χ1v) is 12.4. The third-order valence-electron chi connectivity index (χ3n) is 5.09. The average Bonchev–Trinajstić information content (AvgIpc) is 2.83. The summed E-state index contributed by atoms with van der Waals surface area (Å²) in [6.45, 7) is 1.99. The fourth-order valence-electron chi connectivity index (χ4n) is 3.36. The van der Waals surface area contributed by atoms with Crippen molar-refractivity contribution in [3.63, 3.8) is 0 Å². The van der Waals surface area contributed by atoms with E-state index in [1.807, 2.05) is 73.7 Å². The van der Waals surface area contributed by atoms with Gasteiger partial charge in [-0.05, 0) is 42.7 Å². The highest BCUT2D eigenvalue weighted by atomic mass is 32.2. The molecule has 0 radical (unpaired) electrons. The standard InChI is InChI=1S/C26H23N3O2S2/c1-19-14-16-21(17-15-19)25(27-18-33(30,31)22-10-3-2-4-11-22)29-26(32)28-24-13-7-9-20-8-5-6-12-23(20)24/h2-17H,18H2,1H3,(H2,27,28,29,32). The Balaban J connectivity index is 1.60. The van der Waals surface area contributed by atoms with Crippen molar-refractivity contribution in [2.45, 2.75) is 11.8 Å². The fraction of sp³-hybridized carbons (Fsp3) is 0.0769. The molecule has 0 saturated carbocycles. The van der Waals surface area contributed by atoms with Gasteiger partial charge in [0.15, 0.2) is 14.9 Å². The molecule has 0 atom stereocenters. The number of sulfone groups is 1. The van der Waals surface area contributed by atoms with Crippen molar-refractivity contribution in [2.75, 3.05) is 11.2 Å². The topological polar surface area (TPSA) is 70.6 Å². The van der Waals surface area contributed by atoms with Crippen LogP contribution < -0.4 is 10.6 Å². The van der Waals surface area contributed by atoms with Gasteiger partial charge in [0.1, 0.15) is 11.7 Å². The van der Waals surface area contributed by atoms with Gasteiger partial charge in [-0.2, -0.15) is 0 Å². The molecule has 2 N–H and O–H groups in total. The Hall–Kier alpha value is -3.55. The summed E-state index contributed by atoms with van der Waals surface area (Å²) in [6.07, 6.45) is 0. The van der Waals surface area contributed by atoms with Gasteiger partial charge in [-0.1, -0.05) is 84.4 Å². The second kappa shape index (κ2) is 9.94. The molecule has 0 heterocycles. The maximum atomic E-state index is 12.8. The Labute approximate surface area is 199 Å². The van der Waals surface area contributed by atoms with Crippen LogP contribution in [0.2, 0.25) is 0 Å². The zero-order valence-corrected chi connectivity index (χ0v) is 19.7. The molecule has 7 heteroatoms. The van der Waals surface area contributed by atoms with Gasteiger partial charge >= 0.3 is 0 Å². The van der Waals surface area contributed by atoms with E-state index < -0.39 is 15.7 Å². The molecular weight excluding hydrogens is 450 g/mol. The molecule has 0 saturated heterocycles. The molecule has 0 fully saturated rings. The number of anilines is 1. The highest BCUT2D eigenvalue weighted by molar-refractivity contribution is 7.91. The molecule has 0 bridgehead atoms. The van der Waals surface area contributed by atoms with E-state index in [0.29, 0.717) is 10.9 Å². The van der Waals surface area contributed by atoms with Crippen molar-refractivity contribution in [1.29, 1.82) is 0 Å². The molecule has 0 amide bonds. The summed E-state index contributed by atoms with van der Waals surface area (Å²) < 4.78 is 25.5. The van der Waals surface area contributed by atoms with Crippen LogP contribution in [0, 0.1) is 6.92 Å². The third-order valence-corrected chi connectivity index (χ3v) is 6.75. The second-order valence-corrected chi connectivity index (χ2v) is 9.90. The van der Waals surface area contributed by atoms with Crippen molar-refractivity contribution < 1.29 is 8.42 Å². The first-order chi connectivity index (χ1) is 15.9. The lowest BCUT2D eigenvalue weighted by Gasteiger charge is -2.15. The molecule has 0 aliphatic heterocycles. The zero-order chi connectivity index (χ0) is 23.3. The molecule has 5 nitrogen and oxygen atoms in total. The van der Waals surface area contributed by atoms with Crippen molar-refractivity contribution in [3.05, 3.63) is 108 Å². The van der Waals surface area contributed by atoms with Crippen LogP contribution in [0.15, 0.2) is 107 Å². The molecule has 0 aliphatic rings. The number of hydrogen-bond donors (Lipinski definition) is 2. The molecule has 4 aromatic rings. The number of rotatable bonds is 5. The van der Waals surface area contributed by atoms with Gasteiger partial charge in [-0.25, -0.2) is 8.42 Å². The highest BCUT2D eigenvalue weighted by Crippen LogP contribution is 2.23. The van der Waals surface area contributed by atoms with E-state index in [2.05, 4.69) is 15.6 Å². The molecular formula is C26H23N3O2S2. The Morgan fingerprint density at radius 2 is 1.52 bits per heavy atom. The smallest absolute Gasteiger partial charge is 0.198 e. The molecule has 4 rings (SSSR count). The van der Waals surface area contributed by atoms with Gasteiger partial charge in [0.2, 0.25) is 0 Å². The van der Waals surface area contributed by atoms with E-state index in [1.165, 1.54) is 0 Å². The average molecular weight is 474 g/mol.